The van der Waals surface area contributed by atoms with Crippen molar-refractivity contribution in [1.29, 1.82) is 0 Å². The number of ether oxygens (including phenoxy) is 3. The van der Waals surface area contributed by atoms with Crippen molar-refractivity contribution >= 4 is 18.3 Å². The summed E-state index contributed by atoms with van der Waals surface area (Å²) in [6.45, 7) is 10.5. The molecule has 0 aliphatic rings. The highest BCUT2D eigenvalue weighted by molar-refractivity contribution is 5.92. The van der Waals surface area contributed by atoms with Crippen molar-refractivity contribution in [2.75, 3.05) is 33.9 Å². The lowest BCUT2D eigenvalue weighted by atomic mass is 9.95. The van der Waals surface area contributed by atoms with Gasteiger partial charge in [0.25, 0.3) is 0 Å². The summed E-state index contributed by atoms with van der Waals surface area (Å²) < 4.78 is 17.6. The lowest BCUT2D eigenvalue weighted by Crippen LogP contribution is -2.27. The molecule has 0 unspecified atom stereocenters. The van der Waals surface area contributed by atoms with Gasteiger partial charge in [-0.05, 0) is 12.8 Å². The molecular weight excluding hydrogens is 350 g/mol. The molecule has 0 fully saturated rings. The number of hydrogen-bond donors (Lipinski definition) is 0. The standard InChI is InChI=1S/C19H31N3O5/c1-8-25-17(23)15-11-20-22(16(15)26-12-14(2)3)10-9-19(4,5)13-27-18(24)21(6)7/h9-11,14H,8,12-13H2,1-7H3. The number of nitrogens with zero attached hydrogens (tertiary/aromatic N) is 3. The summed E-state index contributed by atoms with van der Waals surface area (Å²) in [6.07, 6.45) is 4.57. The minimum absolute atomic E-state index is 0.203. The smallest absolute Gasteiger partial charge is 0.409 e. The first-order valence-corrected chi connectivity index (χ1v) is 8.98. The van der Waals surface area contributed by atoms with Crippen molar-refractivity contribution in [1.82, 2.24) is 14.7 Å². The molecule has 1 heterocycles. The summed E-state index contributed by atoms with van der Waals surface area (Å²) in [5.74, 6) is 0.142. The Kier molecular flexibility index (Phi) is 8.33. The van der Waals surface area contributed by atoms with Gasteiger partial charge in [-0.2, -0.15) is 5.10 Å². The molecule has 1 aromatic heterocycles. The van der Waals surface area contributed by atoms with Crippen LogP contribution in [0.15, 0.2) is 12.3 Å². The van der Waals surface area contributed by atoms with Gasteiger partial charge in [0, 0.05) is 25.7 Å². The van der Waals surface area contributed by atoms with Crippen LogP contribution in [-0.4, -0.2) is 60.7 Å². The molecule has 0 N–H and O–H groups in total. The number of rotatable bonds is 9. The molecule has 1 aromatic rings. The van der Waals surface area contributed by atoms with Crippen LogP contribution in [0.3, 0.4) is 0 Å². The number of carbonyl (C=O) groups excluding carboxylic acids is 2. The van der Waals surface area contributed by atoms with Crippen molar-refractivity contribution in [2.45, 2.75) is 34.6 Å². The first-order valence-electron chi connectivity index (χ1n) is 8.98. The third kappa shape index (κ3) is 7.32. The average molecular weight is 381 g/mol. The summed E-state index contributed by atoms with van der Waals surface area (Å²) in [4.78, 5) is 25.1. The molecule has 152 valence electrons. The van der Waals surface area contributed by atoms with Crippen molar-refractivity contribution in [2.24, 2.45) is 11.3 Å². The maximum absolute atomic E-state index is 12.1. The van der Waals surface area contributed by atoms with E-state index in [0.29, 0.717) is 12.5 Å². The third-order valence-electron chi connectivity index (χ3n) is 3.40. The Balaban J connectivity index is 2.98. The molecule has 1 amide bonds. The second kappa shape index (κ2) is 9.99. The number of esters is 1. The topological polar surface area (TPSA) is 82.9 Å². The Bertz CT molecular complexity index is 662. The van der Waals surface area contributed by atoms with E-state index in [4.69, 9.17) is 14.2 Å². The molecular formula is C19H31N3O5. The molecule has 0 atom stereocenters. The minimum atomic E-state index is -0.477. The highest BCUT2D eigenvalue weighted by Gasteiger charge is 2.22. The van der Waals surface area contributed by atoms with Crippen LogP contribution in [0.1, 0.15) is 45.0 Å². The van der Waals surface area contributed by atoms with E-state index >= 15 is 0 Å². The lowest BCUT2D eigenvalue weighted by molar-refractivity contribution is 0.0520. The van der Waals surface area contributed by atoms with E-state index in [1.807, 2.05) is 33.8 Å². The van der Waals surface area contributed by atoms with Gasteiger partial charge in [-0.15, -0.1) is 0 Å². The monoisotopic (exact) mass is 381 g/mol. The Morgan fingerprint density at radius 2 is 1.96 bits per heavy atom. The van der Waals surface area contributed by atoms with Gasteiger partial charge >= 0.3 is 12.1 Å². The normalized spacial score (nSPS) is 11.7. The van der Waals surface area contributed by atoms with E-state index in [1.165, 1.54) is 15.8 Å². The van der Waals surface area contributed by atoms with Crippen LogP contribution in [0.5, 0.6) is 5.88 Å². The molecule has 0 saturated carbocycles. The van der Waals surface area contributed by atoms with Gasteiger partial charge in [0.1, 0.15) is 12.2 Å². The van der Waals surface area contributed by atoms with Gasteiger partial charge in [0.05, 0.1) is 19.4 Å². The minimum Gasteiger partial charge on any atom is -0.477 e. The zero-order chi connectivity index (χ0) is 20.6. The first-order chi connectivity index (χ1) is 12.6. The zero-order valence-corrected chi connectivity index (χ0v) is 17.3. The van der Waals surface area contributed by atoms with Crippen molar-refractivity contribution in [3.05, 3.63) is 17.8 Å². The molecule has 1 rings (SSSR count). The molecule has 0 radical (unpaired) electrons. The van der Waals surface area contributed by atoms with E-state index in [-0.39, 0.29) is 24.7 Å². The van der Waals surface area contributed by atoms with Gasteiger partial charge in [-0.1, -0.05) is 33.8 Å². The van der Waals surface area contributed by atoms with Crippen LogP contribution in [0.4, 0.5) is 4.79 Å². The van der Waals surface area contributed by atoms with Crippen LogP contribution in [0.25, 0.3) is 6.20 Å². The molecule has 8 heteroatoms. The van der Waals surface area contributed by atoms with E-state index in [9.17, 15) is 9.59 Å². The SMILES string of the molecule is CCOC(=O)c1cnn(C=CC(C)(C)COC(=O)N(C)C)c1OCC(C)C. The Morgan fingerprint density at radius 1 is 1.30 bits per heavy atom. The predicted octanol–water partition coefficient (Wildman–Crippen LogP) is 3.29. The van der Waals surface area contributed by atoms with E-state index in [1.54, 1.807) is 27.2 Å². The van der Waals surface area contributed by atoms with Crippen LogP contribution < -0.4 is 4.74 Å². The van der Waals surface area contributed by atoms with Gasteiger partial charge < -0.3 is 19.1 Å². The molecule has 0 bridgehead atoms. The second-order valence-corrected chi connectivity index (χ2v) is 7.49. The molecule has 0 aromatic carbocycles. The van der Waals surface area contributed by atoms with Crippen molar-refractivity contribution < 1.29 is 23.8 Å². The molecule has 0 saturated heterocycles. The fourth-order valence-corrected chi connectivity index (χ4v) is 1.89. The summed E-state index contributed by atoms with van der Waals surface area (Å²) >= 11 is 0. The Hall–Kier alpha value is -2.51. The molecule has 0 spiro atoms. The summed E-state index contributed by atoms with van der Waals surface area (Å²) in [5.41, 5.74) is -0.157. The second-order valence-electron chi connectivity index (χ2n) is 7.49. The maximum Gasteiger partial charge on any atom is 0.409 e. The fourth-order valence-electron chi connectivity index (χ4n) is 1.89. The fraction of sp³-hybridized carbons (Fsp3) is 0.632. The number of aromatic nitrogens is 2. The van der Waals surface area contributed by atoms with Gasteiger partial charge in [-0.3, -0.25) is 0 Å². The van der Waals surface area contributed by atoms with Crippen molar-refractivity contribution in [3.63, 3.8) is 0 Å². The summed E-state index contributed by atoms with van der Waals surface area (Å²) in [5, 5.41) is 4.21. The Labute approximate surface area is 161 Å². The van der Waals surface area contributed by atoms with Crippen molar-refractivity contribution in [3.8, 4) is 5.88 Å². The maximum atomic E-state index is 12.1. The third-order valence-corrected chi connectivity index (χ3v) is 3.40. The van der Waals surface area contributed by atoms with Gasteiger partial charge in [0.15, 0.2) is 0 Å². The summed E-state index contributed by atoms with van der Waals surface area (Å²) in [6, 6.07) is 0. The first kappa shape index (κ1) is 22.5. The van der Waals surface area contributed by atoms with E-state index in [0.717, 1.165) is 0 Å². The Morgan fingerprint density at radius 3 is 2.52 bits per heavy atom. The van der Waals surface area contributed by atoms with Crippen LogP contribution in [0.2, 0.25) is 0 Å². The van der Waals surface area contributed by atoms with Crippen LogP contribution in [-0.2, 0) is 9.47 Å². The average Bonchev–Trinajstić information content (AvgIpc) is 2.99. The molecule has 0 aliphatic carbocycles. The van der Waals surface area contributed by atoms with Gasteiger partial charge in [0.2, 0.25) is 5.88 Å². The largest absolute Gasteiger partial charge is 0.477 e. The highest BCUT2D eigenvalue weighted by Crippen LogP contribution is 2.23. The molecule has 0 aliphatic heterocycles. The van der Waals surface area contributed by atoms with E-state index < -0.39 is 17.5 Å². The zero-order valence-electron chi connectivity index (χ0n) is 17.3. The van der Waals surface area contributed by atoms with Crippen LogP contribution in [0, 0.1) is 11.3 Å². The van der Waals surface area contributed by atoms with Gasteiger partial charge in [-0.25, -0.2) is 14.3 Å². The molecule has 8 nitrogen and oxygen atoms in total. The highest BCUT2D eigenvalue weighted by atomic mass is 16.6. The van der Waals surface area contributed by atoms with Crippen LogP contribution >= 0.6 is 0 Å². The quantitative estimate of drug-likeness (QED) is 0.611. The van der Waals surface area contributed by atoms with E-state index in [2.05, 4.69) is 5.10 Å². The molecule has 27 heavy (non-hydrogen) atoms. The lowest BCUT2D eigenvalue weighted by Gasteiger charge is -2.21. The summed E-state index contributed by atoms with van der Waals surface area (Å²) in [7, 11) is 3.26. The number of carbonyl (C=O) groups is 2. The number of amides is 1. The number of hydrogen-bond acceptors (Lipinski definition) is 6. The predicted molar refractivity (Wildman–Crippen MR) is 103 cm³/mol.